The van der Waals surface area contributed by atoms with Crippen LogP contribution in [-0.4, -0.2) is 30.6 Å². The van der Waals surface area contributed by atoms with Crippen LogP contribution < -0.4 is 10.6 Å². The maximum absolute atomic E-state index is 11.7. The molecule has 2 N–H and O–H groups in total. The summed E-state index contributed by atoms with van der Waals surface area (Å²) in [6, 6.07) is -0.679. The second kappa shape index (κ2) is 3.95. The van der Waals surface area contributed by atoms with E-state index >= 15 is 0 Å². The van der Waals surface area contributed by atoms with Gasteiger partial charge in [0.2, 0.25) is 5.91 Å². The number of halogens is 3. The molecule has 0 aliphatic carbocycles. The van der Waals surface area contributed by atoms with E-state index in [4.69, 9.17) is 0 Å². The van der Waals surface area contributed by atoms with Crippen molar-refractivity contribution in [3.05, 3.63) is 0 Å². The average molecular weight is 210 g/mol. The standard InChI is InChI=1S/C7H9F3N2O2/c8-7(9,10)6(14)12-5(13)4-2-1-3-11-4/h4,11H,1-3H2,(H,12,13,14). The highest BCUT2D eigenvalue weighted by Crippen LogP contribution is 2.14. The molecular formula is C7H9F3N2O2. The van der Waals surface area contributed by atoms with Gasteiger partial charge < -0.3 is 5.32 Å². The maximum atomic E-state index is 11.7. The lowest BCUT2D eigenvalue weighted by Crippen LogP contribution is -2.47. The summed E-state index contributed by atoms with van der Waals surface area (Å²) >= 11 is 0. The third-order valence-corrected chi connectivity index (χ3v) is 1.87. The highest BCUT2D eigenvalue weighted by Gasteiger charge is 2.40. The SMILES string of the molecule is O=C(NC(=O)C(F)(F)F)C1CCCN1. The van der Waals surface area contributed by atoms with Gasteiger partial charge in [0, 0.05) is 0 Å². The van der Waals surface area contributed by atoms with Gasteiger partial charge in [0.25, 0.3) is 0 Å². The summed E-state index contributed by atoms with van der Waals surface area (Å²) in [6.45, 7) is 0.582. The molecule has 1 aliphatic heterocycles. The Morgan fingerprint density at radius 1 is 1.36 bits per heavy atom. The molecule has 4 nitrogen and oxygen atoms in total. The molecule has 1 aliphatic rings. The van der Waals surface area contributed by atoms with Crippen LogP contribution in [0.15, 0.2) is 0 Å². The van der Waals surface area contributed by atoms with E-state index in [0.29, 0.717) is 13.0 Å². The molecule has 1 rings (SSSR count). The molecule has 0 bridgehead atoms. The molecule has 0 aromatic carbocycles. The molecule has 1 atom stereocenters. The first kappa shape index (κ1) is 11.0. The van der Waals surface area contributed by atoms with E-state index in [9.17, 15) is 22.8 Å². The van der Waals surface area contributed by atoms with Crippen molar-refractivity contribution in [3.63, 3.8) is 0 Å². The van der Waals surface area contributed by atoms with Crippen LogP contribution in [0.1, 0.15) is 12.8 Å². The fraction of sp³-hybridized carbons (Fsp3) is 0.714. The topological polar surface area (TPSA) is 58.2 Å². The van der Waals surface area contributed by atoms with Crippen LogP contribution in [0.3, 0.4) is 0 Å². The first-order chi connectivity index (χ1) is 6.41. The van der Waals surface area contributed by atoms with Gasteiger partial charge in [0.1, 0.15) is 0 Å². The monoisotopic (exact) mass is 210 g/mol. The molecule has 0 saturated carbocycles. The van der Waals surface area contributed by atoms with Crippen molar-refractivity contribution in [3.8, 4) is 0 Å². The number of carbonyl (C=O) groups excluding carboxylic acids is 2. The van der Waals surface area contributed by atoms with Crippen LogP contribution in [0.5, 0.6) is 0 Å². The molecule has 1 unspecified atom stereocenters. The first-order valence-electron chi connectivity index (χ1n) is 4.06. The van der Waals surface area contributed by atoms with Crippen molar-refractivity contribution in [2.24, 2.45) is 0 Å². The van der Waals surface area contributed by atoms with Crippen molar-refractivity contribution in [2.45, 2.75) is 25.1 Å². The zero-order chi connectivity index (χ0) is 10.8. The molecule has 0 radical (unpaired) electrons. The minimum absolute atomic E-state index is 0.455. The lowest BCUT2D eigenvalue weighted by Gasteiger charge is -2.10. The highest BCUT2D eigenvalue weighted by atomic mass is 19.4. The zero-order valence-electron chi connectivity index (χ0n) is 7.15. The van der Waals surface area contributed by atoms with Gasteiger partial charge in [-0.3, -0.25) is 14.9 Å². The molecule has 1 saturated heterocycles. The molecule has 0 spiro atoms. The fourth-order valence-corrected chi connectivity index (χ4v) is 1.18. The van der Waals surface area contributed by atoms with Crippen LogP contribution >= 0.6 is 0 Å². The fourth-order valence-electron chi connectivity index (χ4n) is 1.18. The molecule has 80 valence electrons. The molecule has 1 heterocycles. The summed E-state index contributed by atoms with van der Waals surface area (Å²) < 4.78 is 35.1. The second-order valence-electron chi connectivity index (χ2n) is 2.97. The zero-order valence-corrected chi connectivity index (χ0v) is 7.15. The van der Waals surface area contributed by atoms with E-state index in [-0.39, 0.29) is 0 Å². The highest BCUT2D eigenvalue weighted by molar-refractivity contribution is 6.00. The van der Waals surface area contributed by atoms with Crippen molar-refractivity contribution in [1.82, 2.24) is 10.6 Å². The van der Waals surface area contributed by atoms with Gasteiger partial charge in [0.15, 0.2) is 0 Å². The summed E-state index contributed by atoms with van der Waals surface area (Å²) in [5.74, 6) is -3.12. The summed E-state index contributed by atoms with van der Waals surface area (Å²) in [6.07, 6.45) is -3.83. The van der Waals surface area contributed by atoms with Gasteiger partial charge >= 0.3 is 12.1 Å². The van der Waals surface area contributed by atoms with Crippen molar-refractivity contribution in [2.75, 3.05) is 6.54 Å². The smallest absolute Gasteiger partial charge is 0.306 e. The van der Waals surface area contributed by atoms with Crippen LogP contribution in [-0.2, 0) is 9.59 Å². The van der Waals surface area contributed by atoms with Crippen LogP contribution in [0.25, 0.3) is 0 Å². The Balaban J connectivity index is 2.44. The molecule has 14 heavy (non-hydrogen) atoms. The van der Waals surface area contributed by atoms with E-state index in [0.717, 1.165) is 6.42 Å². The van der Waals surface area contributed by atoms with Gasteiger partial charge in [-0.2, -0.15) is 13.2 Å². The Morgan fingerprint density at radius 2 is 2.00 bits per heavy atom. The molecule has 2 amide bonds. The van der Waals surface area contributed by atoms with Crippen molar-refractivity contribution in [1.29, 1.82) is 0 Å². The van der Waals surface area contributed by atoms with E-state index in [1.54, 1.807) is 0 Å². The Morgan fingerprint density at radius 3 is 2.43 bits per heavy atom. The van der Waals surface area contributed by atoms with Gasteiger partial charge in [-0.1, -0.05) is 0 Å². The second-order valence-corrected chi connectivity index (χ2v) is 2.97. The summed E-state index contributed by atoms with van der Waals surface area (Å²) in [7, 11) is 0. The third kappa shape index (κ3) is 2.69. The maximum Gasteiger partial charge on any atom is 0.471 e. The Bertz CT molecular complexity index is 246. The minimum Gasteiger partial charge on any atom is -0.306 e. The summed E-state index contributed by atoms with van der Waals surface area (Å²) in [5, 5.41) is 3.98. The number of imide groups is 1. The predicted octanol–water partition coefficient (Wildman–Crippen LogP) is -0.0565. The molecular weight excluding hydrogens is 201 g/mol. The number of nitrogens with one attached hydrogen (secondary N) is 2. The Hall–Kier alpha value is -1.11. The first-order valence-corrected chi connectivity index (χ1v) is 4.06. The normalized spacial score (nSPS) is 22.1. The van der Waals surface area contributed by atoms with Crippen LogP contribution in [0.2, 0.25) is 0 Å². The number of hydrogen-bond donors (Lipinski definition) is 2. The molecule has 0 aromatic heterocycles. The lowest BCUT2D eigenvalue weighted by molar-refractivity contribution is -0.175. The third-order valence-electron chi connectivity index (χ3n) is 1.87. The van der Waals surface area contributed by atoms with Crippen molar-refractivity contribution < 1.29 is 22.8 Å². The van der Waals surface area contributed by atoms with E-state index in [1.165, 1.54) is 5.32 Å². The number of rotatable bonds is 1. The average Bonchev–Trinajstić information content (AvgIpc) is 2.53. The minimum atomic E-state index is -5.01. The number of amides is 2. The Kier molecular flexibility index (Phi) is 3.10. The number of alkyl halides is 3. The van der Waals surface area contributed by atoms with Gasteiger partial charge in [0.05, 0.1) is 6.04 Å². The molecule has 0 aromatic rings. The van der Waals surface area contributed by atoms with Gasteiger partial charge in [-0.15, -0.1) is 0 Å². The van der Waals surface area contributed by atoms with Crippen molar-refractivity contribution >= 4 is 11.8 Å². The number of hydrogen-bond acceptors (Lipinski definition) is 3. The predicted molar refractivity (Wildman–Crippen MR) is 40.2 cm³/mol. The van der Waals surface area contributed by atoms with E-state index in [2.05, 4.69) is 5.32 Å². The largest absolute Gasteiger partial charge is 0.471 e. The lowest BCUT2D eigenvalue weighted by atomic mass is 10.2. The molecule has 1 fully saturated rings. The molecule has 7 heteroatoms. The van der Waals surface area contributed by atoms with E-state index in [1.807, 2.05) is 0 Å². The summed E-state index contributed by atoms with van der Waals surface area (Å²) in [5.41, 5.74) is 0. The van der Waals surface area contributed by atoms with Crippen LogP contribution in [0, 0.1) is 0 Å². The summed E-state index contributed by atoms with van der Waals surface area (Å²) in [4.78, 5) is 21.4. The quantitative estimate of drug-likeness (QED) is 0.637. The number of carbonyl (C=O) groups is 2. The van der Waals surface area contributed by atoms with Gasteiger partial charge in [-0.25, -0.2) is 0 Å². The van der Waals surface area contributed by atoms with E-state index < -0.39 is 24.0 Å². The van der Waals surface area contributed by atoms with Crippen LogP contribution in [0.4, 0.5) is 13.2 Å². The Labute approximate surface area is 77.8 Å². The van der Waals surface area contributed by atoms with Gasteiger partial charge in [-0.05, 0) is 19.4 Å².